The number of aryl methyl sites for hydroxylation is 1. The molecule has 5 rings (SSSR count). The van der Waals surface area contributed by atoms with Crippen molar-refractivity contribution in [1.29, 1.82) is 0 Å². The molecule has 1 aromatic heterocycles. The molecule has 0 N–H and O–H groups in total. The molecule has 2 aliphatic rings. The summed E-state index contributed by atoms with van der Waals surface area (Å²) in [5, 5.41) is 2.04. The van der Waals surface area contributed by atoms with Gasteiger partial charge < -0.3 is 14.4 Å². The van der Waals surface area contributed by atoms with Crippen LogP contribution in [0.5, 0.6) is 11.5 Å². The van der Waals surface area contributed by atoms with E-state index in [-0.39, 0.29) is 0 Å². The van der Waals surface area contributed by atoms with Crippen LogP contribution in [-0.2, 0) is 6.54 Å². The Hall–Kier alpha value is -3.76. The second-order valence-corrected chi connectivity index (χ2v) is 10.1. The minimum Gasteiger partial charge on any atom is -0.497 e. The SMILES string of the molecule is CCN1/C(=C\C=C2/CCCC(/C=C/c3ccc4cc(OC)ccc4[n+]3CC)=C2Cl)C=Cc2cc(OC)ccc21. The Morgan fingerprint density at radius 3 is 2.46 bits per heavy atom. The molecule has 0 saturated carbocycles. The first kappa shape index (κ1) is 26.8. The molecular formula is C34H36ClN2O2+. The number of hydrogen-bond donors (Lipinski definition) is 0. The van der Waals surface area contributed by atoms with Gasteiger partial charge >= 0.3 is 0 Å². The maximum Gasteiger partial charge on any atom is 0.213 e. The Balaban J connectivity index is 1.42. The fraction of sp³-hybridized carbons (Fsp3) is 0.265. The average molecular weight is 540 g/mol. The van der Waals surface area contributed by atoms with Crippen molar-refractivity contribution in [2.75, 3.05) is 25.7 Å². The van der Waals surface area contributed by atoms with Gasteiger partial charge in [0.25, 0.3) is 0 Å². The van der Waals surface area contributed by atoms with Crippen molar-refractivity contribution < 1.29 is 14.0 Å². The van der Waals surface area contributed by atoms with Crippen LogP contribution in [0.4, 0.5) is 5.69 Å². The quantitative estimate of drug-likeness (QED) is 0.283. The fourth-order valence-corrected chi connectivity index (χ4v) is 5.78. The summed E-state index contributed by atoms with van der Waals surface area (Å²) >= 11 is 6.98. The van der Waals surface area contributed by atoms with Gasteiger partial charge in [0.15, 0.2) is 0 Å². The van der Waals surface area contributed by atoms with Crippen molar-refractivity contribution in [2.45, 2.75) is 39.7 Å². The van der Waals surface area contributed by atoms with E-state index in [9.17, 15) is 0 Å². The maximum atomic E-state index is 6.98. The van der Waals surface area contributed by atoms with Crippen LogP contribution in [0, 0.1) is 0 Å². The summed E-state index contributed by atoms with van der Waals surface area (Å²) in [6.45, 7) is 6.12. The third kappa shape index (κ3) is 5.53. The Bertz CT molecular complexity index is 1540. The Morgan fingerprint density at radius 1 is 0.897 bits per heavy atom. The normalized spacial score (nSPS) is 17.5. The van der Waals surface area contributed by atoms with E-state index < -0.39 is 0 Å². The Kier molecular flexibility index (Phi) is 8.23. The molecule has 39 heavy (non-hydrogen) atoms. The van der Waals surface area contributed by atoms with Gasteiger partial charge in [-0.15, -0.1) is 0 Å². The molecule has 0 spiro atoms. The number of pyridine rings is 1. The summed E-state index contributed by atoms with van der Waals surface area (Å²) in [6.07, 6.45) is 16.2. The number of aromatic nitrogens is 1. The topological polar surface area (TPSA) is 25.6 Å². The summed E-state index contributed by atoms with van der Waals surface area (Å²) in [4.78, 5) is 2.33. The molecule has 1 aliphatic carbocycles. The van der Waals surface area contributed by atoms with E-state index in [2.05, 4.69) is 96.2 Å². The molecule has 0 saturated heterocycles. The maximum absolute atomic E-state index is 6.98. The molecule has 0 fully saturated rings. The van der Waals surface area contributed by atoms with Crippen molar-refractivity contribution >= 4 is 40.3 Å². The van der Waals surface area contributed by atoms with E-state index in [1.165, 1.54) is 33.3 Å². The van der Waals surface area contributed by atoms with Crippen molar-refractivity contribution in [1.82, 2.24) is 0 Å². The number of methoxy groups -OCH3 is 2. The Morgan fingerprint density at radius 2 is 1.69 bits per heavy atom. The van der Waals surface area contributed by atoms with Gasteiger partial charge in [-0.1, -0.05) is 29.8 Å². The molecule has 2 heterocycles. The van der Waals surface area contributed by atoms with Crippen molar-refractivity contribution in [3.63, 3.8) is 0 Å². The largest absolute Gasteiger partial charge is 0.497 e. The summed E-state index contributed by atoms with van der Waals surface area (Å²) < 4.78 is 13.1. The van der Waals surface area contributed by atoms with E-state index in [4.69, 9.17) is 21.1 Å². The third-order valence-corrected chi connectivity index (χ3v) is 8.03. The zero-order valence-electron chi connectivity index (χ0n) is 23.2. The molecule has 0 bridgehead atoms. The lowest BCUT2D eigenvalue weighted by Crippen LogP contribution is -2.36. The molecule has 1 aliphatic heterocycles. The van der Waals surface area contributed by atoms with Crippen molar-refractivity contribution in [3.8, 4) is 11.5 Å². The molecule has 0 atom stereocenters. The van der Waals surface area contributed by atoms with E-state index in [0.29, 0.717) is 0 Å². The zero-order chi connectivity index (χ0) is 27.4. The van der Waals surface area contributed by atoms with Gasteiger partial charge in [0.2, 0.25) is 11.2 Å². The Labute approximate surface area is 236 Å². The highest BCUT2D eigenvalue weighted by Gasteiger charge is 2.18. The summed E-state index contributed by atoms with van der Waals surface area (Å²) in [5.74, 6) is 1.74. The number of fused-ring (bicyclic) bond motifs is 2. The monoisotopic (exact) mass is 539 g/mol. The molecule has 0 radical (unpaired) electrons. The number of hydrogen-bond acceptors (Lipinski definition) is 3. The molecule has 4 nitrogen and oxygen atoms in total. The van der Waals surface area contributed by atoms with Crippen molar-refractivity contribution in [2.24, 2.45) is 0 Å². The standard InChI is InChI=1S/C34H36ClN2O2/c1-5-36-28(16-12-26-22-30(38-3)18-20-32(26)36)14-10-24-8-7-9-25(34(24)35)11-15-29-17-13-27-23-31(39-4)19-21-33(27)37(29)6-2/h10-23H,5-9H2,1-4H3/q+1. The van der Waals surface area contributed by atoms with Crippen LogP contribution in [-0.4, -0.2) is 20.8 Å². The van der Waals surface area contributed by atoms with E-state index in [1.54, 1.807) is 14.2 Å². The zero-order valence-corrected chi connectivity index (χ0v) is 24.0. The van der Waals surface area contributed by atoms with Crippen LogP contribution in [0.15, 0.2) is 94.7 Å². The van der Waals surface area contributed by atoms with Gasteiger partial charge in [0, 0.05) is 46.7 Å². The highest BCUT2D eigenvalue weighted by atomic mass is 35.5. The summed E-state index contributed by atoms with van der Waals surface area (Å²) in [5.41, 5.74) is 8.25. The number of rotatable bonds is 7. The molecule has 0 unspecified atom stereocenters. The van der Waals surface area contributed by atoms with Gasteiger partial charge in [0.1, 0.15) is 18.0 Å². The number of allylic oxidation sites excluding steroid dienone is 7. The molecule has 200 valence electrons. The molecular weight excluding hydrogens is 504 g/mol. The van der Waals surface area contributed by atoms with Crippen LogP contribution in [0.3, 0.4) is 0 Å². The smallest absolute Gasteiger partial charge is 0.213 e. The average Bonchev–Trinajstić information content (AvgIpc) is 2.98. The van der Waals surface area contributed by atoms with Crippen LogP contribution >= 0.6 is 11.6 Å². The van der Waals surface area contributed by atoms with Gasteiger partial charge in [-0.2, -0.15) is 4.57 Å². The lowest BCUT2D eigenvalue weighted by Gasteiger charge is -2.29. The highest BCUT2D eigenvalue weighted by Crippen LogP contribution is 2.36. The number of ether oxygens (including phenoxy) is 2. The summed E-state index contributed by atoms with van der Waals surface area (Å²) in [7, 11) is 3.41. The van der Waals surface area contributed by atoms with E-state index in [0.717, 1.165) is 60.3 Å². The molecule has 0 amide bonds. The number of nitrogens with zero attached hydrogens (tertiary/aromatic N) is 2. The minimum atomic E-state index is 0.871. The van der Waals surface area contributed by atoms with E-state index in [1.807, 2.05) is 12.1 Å². The first-order chi connectivity index (χ1) is 19.1. The van der Waals surface area contributed by atoms with Gasteiger partial charge in [-0.05, 0) is 92.8 Å². The van der Waals surface area contributed by atoms with E-state index >= 15 is 0 Å². The third-order valence-electron chi connectivity index (χ3n) is 7.54. The number of halogens is 1. The van der Waals surface area contributed by atoms with Gasteiger partial charge in [0.05, 0.1) is 19.6 Å². The first-order valence-electron chi connectivity index (χ1n) is 13.7. The molecule has 5 heteroatoms. The van der Waals surface area contributed by atoms with Crippen LogP contribution in [0.2, 0.25) is 0 Å². The van der Waals surface area contributed by atoms with Gasteiger partial charge in [-0.25, -0.2) is 0 Å². The van der Waals surface area contributed by atoms with Gasteiger partial charge in [-0.3, -0.25) is 0 Å². The lowest BCUT2D eigenvalue weighted by atomic mass is 9.93. The highest BCUT2D eigenvalue weighted by molar-refractivity contribution is 6.32. The molecule has 3 aromatic rings. The van der Waals surface area contributed by atoms with Crippen LogP contribution < -0.4 is 18.9 Å². The number of likely N-dealkylation sites (N-methyl/N-ethyl adjacent to an activating group) is 1. The fourth-order valence-electron chi connectivity index (χ4n) is 5.46. The first-order valence-corrected chi connectivity index (χ1v) is 14.1. The predicted molar refractivity (Wildman–Crippen MR) is 163 cm³/mol. The number of benzene rings is 2. The van der Waals surface area contributed by atoms with Crippen molar-refractivity contribution in [3.05, 3.63) is 106 Å². The summed E-state index contributed by atoms with van der Waals surface area (Å²) in [6, 6.07) is 16.8. The minimum absolute atomic E-state index is 0.871. The number of anilines is 1. The predicted octanol–water partition coefficient (Wildman–Crippen LogP) is 8.22. The van der Waals surface area contributed by atoms with Crippen LogP contribution in [0.1, 0.15) is 44.4 Å². The van der Waals surface area contributed by atoms with Crippen LogP contribution in [0.25, 0.3) is 23.1 Å². The molecule has 2 aromatic carbocycles. The second-order valence-electron chi connectivity index (χ2n) is 9.74. The lowest BCUT2D eigenvalue weighted by molar-refractivity contribution is -0.669. The second kappa shape index (κ2) is 12.0.